The number of aromatic nitrogens is 4. The minimum atomic E-state index is 0.502. The van der Waals surface area contributed by atoms with Crippen LogP contribution in [0.15, 0.2) is 73.1 Å². The Morgan fingerprint density at radius 2 is 1.67 bits per heavy atom. The first-order valence-electron chi connectivity index (χ1n) is 13.3. The van der Waals surface area contributed by atoms with Crippen LogP contribution in [-0.4, -0.2) is 19.4 Å². The highest BCUT2D eigenvalue weighted by molar-refractivity contribution is 5.91. The zero-order valence-corrected chi connectivity index (χ0v) is 20.2. The van der Waals surface area contributed by atoms with E-state index >= 15 is 0 Å². The van der Waals surface area contributed by atoms with Gasteiger partial charge < -0.3 is 5.73 Å². The van der Waals surface area contributed by atoms with Crippen LogP contribution in [0, 0.1) is 23.7 Å². The lowest BCUT2D eigenvalue weighted by Crippen LogP contribution is -2.26. The summed E-state index contributed by atoms with van der Waals surface area (Å²) in [4.78, 5) is 14.6. The van der Waals surface area contributed by atoms with E-state index in [0.29, 0.717) is 11.7 Å². The van der Waals surface area contributed by atoms with Crippen molar-refractivity contribution >= 4 is 22.2 Å². The van der Waals surface area contributed by atoms with Crippen LogP contribution in [0.1, 0.15) is 43.8 Å². The zero-order valence-electron chi connectivity index (χ0n) is 20.2. The van der Waals surface area contributed by atoms with Crippen molar-refractivity contribution in [2.45, 2.75) is 38.0 Å². The van der Waals surface area contributed by atoms with Gasteiger partial charge in [0.25, 0.3) is 0 Å². The number of rotatable bonds is 4. The molecule has 178 valence electrons. The molecule has 5 nitrogen and oxygen atoms in total. The fraction of sp³-hybridized carbons (Fsp3) is 0.323. The Kier molecular flexibility index (Phi) is 4.34. The molecule has 2 atom stereocenters. The largest absolute Gasteiger partial charge is 0.382 e. The number of fused-ring (bicyclic) bond motifs is 3. The van der Waals surface area contributed by atoms with Crippen LogP contribution in [0.2, 0.25) is 0 Å². The lowest BCUT2D eigenvalue weighted by atomic mass is 9.70. The number of nitrogen functional groups attached to an aromatic ring is 1. The molecule has 0 saturated heterocycles. The SMILES string of the molecule is Nc1nccn2c(C3CC(C4C5CCCC54)C3)nc(-c3ccc4ccc(-c5ccccc5)nc4c3)c12. The van der Waals surface area contributed by atoms with Gasteiger partial charge >= 0.3 is 0 Å². The van der Waals surface area contributed by atoms with E-state index in [-0.39, 0.29) is 0 Å². The van der Waals surface area contributed by atoms with Gasteiger partial charge in [0.15, 0.2) is 0 Å². The van der Waals surface area contributed by atoms with Crippen LogP contribution >= 0.6 is 0 Å². The van der Waals surface area contributed by atoms with Crippen molar-refractivity contribution < 1.29 is 0 Å². The summed E-state index contributed by atoms with van der Waals surface area (Å²) in [6.45, 7) is 0. The molecule has 3 heterocycles. The van der Waals surface area contributed by atoms with Gasteiger partial charge in [0.2, 0.25) is 0 Å². The van der Waals surface area contributed by atoms with Crippen LogP contribution in [0.3, 0.4) is 0 Å². The number of nitrogens with two attached hydrogens (primary N) is 1. The maximum Gasteiger partial charge on any atom is 0.150 e. The summed E-state index contributed by atoms with van der Waals surface area (Å²) in [7, 11) is 0. The van der Waals surface area contributed by atoms with Crippen LogP contribution in [-0.2, 0) is 0 Å². The maximum absolute atomic E-state index is 6.44. The number of hydrogen-bond donors (Lipinski definition) is 1. The summed E-state index contributed by atoms with van der Waals surface area (Å²) in [6, 6.07) is 21.0. The molecular formula is C31H29N5. The molecule has 36 heavy (non-hydrogen) atoms. The molecule has 0 spiro atoms. The fourth-order valence-electron chi connectivity index (χ4n) is 7.37. The molecule has 2 aromatic carbocycles. The molecule has 3 aromatic heterocycles. The topological polar surface area (TPSA) is 69.1 Å². The lowest BCUT2D eigenvalue weighted by molar-refractivity contribution is 0.201. The van der Waals surface area contributed by atoms with E-state index in [1.807, 2.05) is 24.4 Å². The summed E-state index contributed by atoms with van der Waals surface area (Å²) in [5, 5.41) is 1.12. The van der Waals surface area contributed by atoms with E-state index in [1.165, 1.54) is 32.1 Å². The number of hydrogen-bond acceptors (Lipinski definition) is 4. The summed E-state index contributed by atoms with van der Waals surface area (Å²) in [5.74, 6) is 6.14. The first kappa shape index (κ1) is 20.5. The van der Waals surface area contributed by atoms with Crippen molar-refractivity contribution in [3.63, 3.8) is 0 Å². The van der Waals surface area contributed by atoms with Gasteiger partial charge in [0, 0.05) is 34.8 Å². The Balaban J connectivity index is 1.17. The van der Waals surface area contributed by atoms with Gasteiger partial charge in [-0.05, 0) is 61.5 Å². The van der Waals surface area contributed by atoms with Crippen molar-refractivity contribution in [3.8, 4) is 22.5 Å². The van der Waals surface area contributed by atoms with Crippen LogP contribution in [0.5, 0.6) is 0 Å². The number of imidazole rings is 1. The normalized spacial score (nSPS) is 26.7. The maximum atomic E-state index is 6.44. The molecule has 2 unspecified atom stereocenters. The Morgan fingerprint density at radius 3 is 2.50 bits per heavy atom. The first-order valence-corrected chi connectivity index (χ1v) is 13.3. The molecule has 0 bridgehead atoms. The standard InChI is InChI=1S/C31H29N5/c32-30-29-28(20-10-9-19-11-12-25(34-26(19)17-20)18-5-2-1-3-6-18)35-31(36(29)14-13-33-30)22-15-21(16-22)27-23-7-4-8-24(23)27/h1-3,5-6,9-14,17,21-24,27H,4,7-8,15-16H2,(H2,32,33). The molecule has 0 amide bonds. The van der Waals surface area contributed by atoms with E-state index < -0.39 is 0 Å². The predicted molar refractivity (Wildman–Crippen MR) is 143 cm³/mol. The highest BCUT2D eigenvalue weighted by atomic mass is 15.1. The third kappa shape index (κ3) is 3.05. The first-order chi connectivity index (χ1) is 17.7. The molecular weight excluding hydrogens is 442 g/mol. The fourth-order valence-corrected chi connectivity index (χ4v) is 7.37. The second-order valence-corrected chi connectivity index (χ2v) is 11.1. The van der Waals surface area contributed by atoms with Gasteiger partial charge in [-0.15, -0.1) is 0 Å². The van der Waals surface area contributed by atoms with Crippen LogP contribution in [0.4, 0.5) is 5.82 Å². The van der Waals surface area contributed by atoms with Crippen molar-refractivity contribution in [3.05, 3.63) is 78.9 Å². The molecule has 2 N–H and O–H groups in total. The van der Waals surface area contributed by atoms with Crippen molar-refractivity contribution in [2.75, 3.05) is 5.73 Å². The smallest absolute Gasteiger partial charge is 0.150 e. The lowest BCUT2D eigenvalue weighted by Gasteiger charge is -2.36. The van der Waals surface area contributed by atoms with Gasteiger partial charge in [0.05, 0.1) is 11.2 Å². The van der Waals surface area contributed by atoms with Crippen molar-refractivity contribution in [1.29, 1.82) is 0 Å². The molecule has 8 rings (SSSR count). The molecule has 3 fully saturated rings. The van der Waals surface area contributed by atoms with Gasteiger partial charge in [-0.3, -0.25) is 4.40 Å². The number of nitrogens with zero attached hydrogens (tertiary/aromatic N) is 4. The minimum absolute atomic E-state index is 0.502. The molecule has 0 radical (unpaired) electrons. The molecule has 0 aliphatic heterocycles. The highest BCUT2D eigenvalue weighted by Crippen LogP contribution is 2.66. The van der Waals surface area contributed by atoms with E-state index in [9.17, 15) is 0 Å². The van der Waals surface area contributed by atoms with E-state index in [0.717, 1.165) is 68.4 Å². The van der Waals surface area contributed by atoms with Crippen molar-refractivity contribution in [2.24, 2.45) is 23.7 Å². The summed E-state index contributed by atoms with van der Waals surface area (Å²) < 4.78 is 2.20. The van der Waals surface area contributed by atoms with E-state index in [2.05, 4.69) is 51.8 Å². The Bertz CT molecular complexity index is 1600. The average Bonchev–Trinajstić information content (AvgIpc) is 3.20. The Hall–Kier alpha value is -3.73. The highest BCUT2D eigenvalue weighted by Gasteiger charge is 2.58. The second kappa shape index (κ2) is 7.63. The second-order valence-electron chi connectivity index (χ2n) is 11.1. The number of benzene rings is 2. The molecule has 3 saturated carbocycles. The summed E-state index contributed by atoms with van der Waals surface area (Å²) >= 11 is 0. The molecule has 5 aromatic rings. The zero-order chi connectivity index (χ0) is 23.8. The number of pyridine rings is 1. The quantitative estimate of drug-likeness (QED) is 0.315. The van der Waals surface area contributed by atoms with Crippen LogP contribution < -0.4 is 5.73 Å². The molecule has 3 aliphatic rings. The summed E-state index contributed by atoms with van der Waals surface area (Å²) in [6.07, 6.45) is 10.7. The third-order valence-corrected chi connectivity index (χ3v) is 9.20. The minimum Gasteiger partial charge on any atom is -0.382 e. The van der Waals surface area contributed by atoms with E-state index in [1.54, 1.807) is 6.20 Å². The van der Waals surface area contributed by atoms with Gasteiger partial charge in [0.1, 0.15) is 22.9 Å². The van der Waals surface area contributed by atoms with Crippen molar-refractivity contribution in [1.82, 2.24) is 19.4 Å². The van der Waals surface area contributed by atoms with E-state index in [4.69, 9.17) is 15.7 Å². The Labute approximate surface area is 210 Å². The van der Waals surface area contributed by atoms with Gasteiger partial charge in [-0.25, -0.2) is 15.0 Å². The summed E-state index contributed by atoms with van der Waals surface area (Å²) in [5.41, 5.74) is 12.4. The average molecular weight is 472 g/mol. The molecule has 5 heteroatoms. The van der Waals surface area contributed by atoms with Gasteiger partial charge in [-0.2, -0.15) is 0 Å². The monoisotopic (exact) mass is 471 g/mol. The Morgan fingerprint density at radius 1 is 0.861 bits per heavy atom. The molecule has 3 aliphatic carbocycles. The van der Waals surface area contributed by atoms with Gasteiger partial charge in [-0.1, -0.05) is 55.0 Å². The number of anilines is 1. The third-order valence-electron chi connectivity index (χ3n) is 9.20. The predicted octanol–water partition coefficient (Wildman–Crippen LogP) is 6.73. The van der Waals surface area contributed by atoms with Crippen LogP contribution in [0.25, 0.3) is 38.9 Å².